The second-order valence-electron chi connectivity index (χ2n) is 7.48. The zero-order valence-corrected chi connectivity index (χ0v) is 20.0. The summed E-state index contributed by atoms with van der Waals surface area (Å²) in [5.41, 5.74) is 0.461. The number of halogens is 9. The van der Waals surface area contributed by atoms with Crippen molar-refractivity contribution in [1.29, 1.82) is 0 Å². The summed E-state index contributed by atoms with van der Waals surface area (Å²) >= 11 is 0. The summed E-state index contributed by atoms with van der Waals surface area (Å²) in [4.78, 5) is 11.1. The first-order valence-corrected chi connectivity index (χ1v) is 11.6. The monoisotopic (exact) mass is 564 g/mol. The lowest BCUT2D eigenvalue weighted by molar-refractivity contribution is -0.696. The van der Waals surface area contributed by atoms with Crippen LogP contribution in [0.25, 0.3) is 0 Å². The highest BCUT2D eigenvalue weighted by Crippen LogP contribution is 2.54. The van der Waals surface area contributed by atoms with Gasteiger partial charge in [-0.25, -0.2) is 22.3 Å². The second kappa shape index (κ2) is 12.8. The van der Waals surface area contributed by atoms with Crippen LogP contribution in [-0.4, -0.2) is 53.4 Å². The van der Waals surface area contributed by atoms with Gasteiger partial charge in [0.1, 0.15) is 12.4 Å². The third-order valence-corrected chi connectivity index (χ3v) is 5.22. The Balaban J connectivity index is 0.000000686. The Labute approximate surface area is 201 Å². The number of carbonyl (C=O) groups is 1. The summed E-state index contributed by atoms with van der Waals surface area (Å²) in [7, 11) is -7.42. The number of aromatic nitrogens is 2. The van der Waals surface area contributed by atoms with Gasteiger partial charge in [-0.3, -0.25) is 0 Å². The molecule has 0 amide bonds. The van der Waals surface area contributed by atoms with E-state index in [4.69, 9.17) is 4.74 Å². The van der Waals surface area contributed by atoms with Crippen molar-refractivity contribution in [1.82, 2.24) is 4.57 Å². The molecule has 1 aromatic rings. The van der Waals surface area contributed by atoms with Crippen LogP contribution in [0, 0.1) is 0 Å². The number of aryl methyl sites for hydroxylation is 2. The van der Waals surface area contributed by atoms with Crippen LogP contribution < -0.4 is 4.57 Å². The van der Waals surface area contributed by atoms with E-state index in [2.05, 4.69) is 41.4 Å². The predicted octanol–water partition coefficient (Wildman–Crippen LogP) is 4.43. The smallest absolute Gasteiger partial charge is 0.460 e. The summed E-state index contributed by atoms with van der Waals surface area (Å²) in [5.74, 6) is -15.1. The number of imidazole rings is 1. The van der Waals surface area contributed by atoms with Gasteiger partial charge >= 0.3 is 29.2 Å². The number of unbranched alkanes of at least 4 members (excludes halogenated alkanes) is 2. The first kappa shape index (κ1) is 33.7. The molecule has 1 aromatic heterocycles. The SMILES string of the molecule is C=C(C)C(=O)OCCCC[n+]1ccn(CCCC)c1.O=S(=O)([O-])C(F)(F)C(F)(F)C(F)(F)C(F)(F)F. The van der Waals surface area contributed by atoms with Gasteiger partial charge in [-0.05, 0) is 26.2 Å². The predicted molar refractivity (Wildman–Crippen MR) is 105 cm³/mol. The quantitative estimate of drug-likeness (QED) is 0.0936. The van der Waals surface area contributed by atoms with E-state index in [0.717, 1.165) is 25.9 Å². The first-order valence-electron chi connectivity index (χ1n) is 10.2. The van der Waals surface area contributed by atoms with Crippen LogP contribution in [0.2, 0.25) is 0 Å². The van der Waals surface area contributed by atoms with Crippen molar-refractivity contribution in [3.05, 3.63) is 30.9 Å². The maximum Gasteiger partial charge on any atom is 0.460 e. The molecule has 36 heavy (non-hydrogen) atoms. The number of hydrogen-bond acceptors (Lipinski definition) is 5. The first-order chi connectivity index (χ1) is 16.1. The Bertz CT molecular complexity index is 976. The normalized spacial score (nSPS) is 13.1. The van der Waals surface area contributed by atoms with Crippen LogP contribution in [0.1, 0.15) is 39.5 Å². The highest BCUT2D eigenvalue weighted by atomic mass is 32.2. The summed E-state index contributed by atoms with van der Waals surface area (Å²) in [6.45, 7) is 9.93. The van der Waals surface area contributed by atoms with Crippen LogP contribution in [0.3, 0.4) is 0 Å². The van der Waals surface area contributed by atoms with Crippen molar-refractivity contribution in [2.45, 2.75) is 75.9 Å². The minimum atomic E-state index is -7.43. The lowest BCUT2D eigenvalue weighted by Crippen LogP contribution is -2.63. The van der Waals surface area contributed by atoms with E-state index < -0.39 is 33.4 Å². The fraction of sp³-hybridized carbons (Fsp3) is 0.684. The third kappa shape index (κ3) is 8.67. The Morgan fingerprint density at radius 3 is 2.03 bits per heavy atom. The van der Waals surface area contributed by atoms with Gasteiger partial charge in [-0.15, -0.1) is 0 Å². The second-order valence-corrected chi connectivity index (χ2v) is 8.90. The van der Waals surface area contributed by atoms with Crippen LogP contribution >= 0.6 is 0 Å². The molecule has 1 rings (SSSR count). The minimum Gasteiger partial charge on any atom is -0.743 e. The molecule has 0 aromatic carbocycles. The van der Waals surface area contributed by atoms with Crippen LogP contribution in [-0.2, 0) is 32.7 Å². The molecular formula is C19H25F9N2O5S. The molecule has 1 heterocycles. The Morgan fingerprint density at radius 2 is 1.58 bits per heavy atom. The van der Waals surface area contributed by atoms with Gasteiger partial charge in [0.2, 0.25) is 6.33 Å². The maximum absolute atomic E-state index is 12.2. The molecule has 0 saturated carbocycles. The molecule has 0 radical (unpaired) electrons. The number of hydrogen-bond donors (Lipinski definition) is 0. The maximum atomic E-state index is 12.2. The number of nitrogens with zero attached hydrogens (tertiary/aromatic N) is 2. The minimum absolute atomic E-state index is 0.293. The Hall–Kier alpha value is -2.30. The molecule has 210 valence electrons. The average molecular weight is 564 g/mol. The molecule has 0 saturated heterocycles. The Morgan fingerprint density at radius 1 is 1.03 bits per heavy atom. The van der Waals surface area contributed by atoms with E-state index in [1.54, 1.807) is 6.92 Å². The fourth-order valence-electron chi connectivity index (χ4n) is 2.25. The molecule has 0 atom stereocenters. The van der Waals surface area contributed by atoms with Crippen LogP contribution in [0.4, 0.5) is 39.5 Å². The van der Waals surface area contributed by atoms with E-state index in [1.807, 2.05) is 0 Å². The fourth-order valence-corrected chi connectivity index (χ4v) is 2.69. The average Bonchev–Trinajstić information content (AvgIpc) is 3.18. The molecular weight excluding hydrogens is 539 g/mol. The number of rotatable bonds is 12. The van der Waals surface area contributed by atoms with E-state index in [9.17, 15) is 57.3 Å². The number of alkyl halides is 9. The number of ether oxygens (including phenoxy) is 1. The third-order valence-electron chi connectivity index (χ3n) is 4.34. The molecule has 0 fully saturated rings. The zero-order chi connectivity index (χ0) is 28.6. The molecule has 0 aliphatic carbocycles. The highest BCUT2D eigenvalue weighted by molar-refractivity contribution is 7.86. The highest BCUT2D eigenvalue weighted by Gasteiger charge is 2.83. The van der Waals surface area contributed by atoms with E-state index in [1.165, 1.54) is 12.8 Å². The topological polar surface area (TPSA) is 92.3 Å². The van der Waals surface area contributed by atoms with Crippen LogP contribution in [0.15, 0.2) is 30.9 Å². The molecule has 0 spiro atoms. The van der Waals surface area contributed by atoms with Crippen molar-refractivity contribution in [2.75, 3.05) is 6.61 Å². The van der Waals surface area contributed by atoms with Gasteiger partial charge in [0.25, 0.3) is 0 Å². The molecule has 0 unspecified atom stereocenters. The lowest BCUT2D eigenvalue weighted by atomic mass is 10.1. The summed E-state index contributed by atoms with van der Waals surface area (Å²) in [6.07, 6.45) is 3.49. The van der Waals surface area contributed by atoms with Gasteiger partial charge in [0, 0.05) is 5.57 Å². The number of esters is 1. The largest absolute Gasteiger partial charge is 0.743 e. The van der Waals surface area contributed by atoms with Gasteiger partial charge in [-0.1, -0.05) is 19.9 Å². The molecule has 7 nitrogen and oxygen atoms in total. The standard InChI is InChI=1S/C15H25N2O2.C4HF9O3S/c1-4-5-8-16-10-11-17(13-16)9-6-7-12-19-15(18)14(2)3;5-1(6,3(9,10)11)2(7,8)4(12,13)17(14,15)16/h10-11,13H,2,4-9,12H2,1,3H3;(H,14,15,16)/q+1;/p-1. The summed E-state index contributed by atoms with van der Waals surface area (Å²) in [6, 6.07) is 0. The van der Waals surface area contributed by atoms with Crippen molar-refractivity contribution in [3.8, 4) is 0 Å². The van der Waals surface area contributed by atoms with Gasteiger partial charge < -0.3 is 9.29 Å². The van der Waals surface area contributed by atoms with E-state index in [0.29, 0.717) is 12.2 Å². The van der Waals surface area contributed by atoms with Crippen molar-refractivity contribution < 1.29 is 66.6 Å². The van der Waals surface area contributed by atoms with Crippen LogP contribution in [0.5, 0.6) is 0 Å². The van der Waals surface area contributed by atoms with Crippen molar-refractivity contribution >= 4 is 16.1 Å². The molecule has 17 heteroatoms. The van der Waals surface area contributed by atoms with E-state index >= 15 is 0 Å². The Kier molecular flexibility index (Phi) is 12.0. The summed E-state index contributed by atoms with van der Waals surface area (Å²) < 4.78 is 145. The molecule has 0 aliphatic rings. The number of carbonyl (C=O) groups excluding carboxylic acids is 1. The van der Waals surface area contributed by atoms with Crippen molar-refractivity contribution in [2.24, 2.45) is 0 Å². The van der Waals surface area contributed by atoms with Gasteiger partial charge in [0.15, 0.2) is 10.1 Å². The van der Waals surface area contributed by atoms with Gasteiger partial charge in [0.05, 0.1) is 19.7 Å². The summed E-state index contributed by atoms with van der Waals surface area (Å²) in [5, 5.41) is -7.11. The molecule has 0 bridgehead atoms. The van der Waals surface area contributed by atoms with Crippen molar-refractivity contribution in [3.63, 3.8) is 0 Å². The van der Waals surface area contributed by atoms with Gasteiger partial charge in [-0.2, -0.15) is 39.5 Å². The zero-order valence-electron chi connectivity index (χ0n) is 19.1. The molecule has 0 aliphatic heterocycles. The lowest BCUT2D eigenvalue weighted by Gasteiger charge is -2.34. The molecule has 0 N–H and O–H groups in total. The van der Waals surface area contributed by atoms with E-state index in [-0.39, 0.29) is 5.97 Å².